The number of allylic oxidation sites excluding steroid dienone is 5. The van der Waals surface area contributed by atoms with Crippen molar-refractivity contribution in [1.29, 1.82) is 0 Å². The lowest BCUT2D eigenvalue weighted by atomic mass is 9.47. The largest absolute Gasteiger partial charge is 0.393 e. The molecule has 33 heavy (non-hydrogen) atoms. The summed E-state index contributed by atoms with van der Waals surface area (Å²) in [7, 11) is -3.90. The summed E-state index contributed by atoms with van der Waals surface area (Å²) in [6.45, 7) is 14.2. The van der Waals surface area contributed by atoms with Gasteiger partial charge in [0.2, 0.25) is 9.84 Å². The zero-order valence-corrected chi connectivity index (χ0v) is 20.5. The van der Waals surface area contributed by atoms with Gasteiger partial charge in [0.15, 0.2) is 0 Å². The Bertz CT molecular complexity index is 1220. The zero-order valence-electron chi connectivity index (χ0n) is 19.7. The van der Waals surface area contributed by atoms with Crippen molar-refractivity contribution in [2.75, 3.05) is 0 Å². The number of rotatable bonds is 2. The first-order valence-corrected chi connectivity index (χ1v) is 13.6. The van der Waals surface area contributed by atoms with Crippen LogP contribution in [0.25, 0.3) is 4.85 Å². The molecule has 0 bridgehead atoms. The van der Waals surface area contributed by atoms with Crippen LogP contribution in [-0.2, 0) is 9.84 Å². The van der Waals surface area contributed by atoms with Crippen LogP contribution in [0.3, 0.4) is 0 Å². The topological polar surface area (TPSA) is 58.7 Å². The van der Waals surface area contributed by atoms with Gasteiger partial charge in [0, 0.05) is 0 Å². The molecule has 1 aromatic carbocycles. The van der Waals surface area contributed by atoms with Crippen molar-refractivity contribution >= 4 is 9.84 Å². The maximum Gasteiger partial charge on any atom is 0.282 e. The minimum atomic E-state index is -3.90. The molecule has 0 aliphatic heterocycles. The Labute approximate surface area is 197 Å². The molecule has 2 saturated carbocycles. The van der Waals surface area contributed by atoms with Gasteiger partial charge in [-0.15, -0.1) is 0 Å². The lowest BCUT2D eigenvalue weighted by Crippen LogP contribution is -2.54. The first-order chi connectivity index (χ1) is 15.6. The third-order valence-corrected chi connectivity index (χ3v) is 11.1. The molecule has 2 fully saturated rings. The van der Waals surface area contributed by atoms with Gasteiger partial charge in [0.25, 0.3) is 5.03 Å². The average Bonchev–Trinajstić information content (AvgIpc) is 3.10. The number of nitrogens with zero attached hydrogens (tertiary/aromatic N) is 1. The third kappa shape index (κ3) is 3.21. The Balaban J connectivity index is 1.59. The molecule has 6 atom stereocenters. The number of aliphatic hydroxyl groups is 1. The van der Waals surface area contributed by atoms with Crippen LogP contribution in [0.2, 0.25) is 0 Å². The molecule has 0 unspecified atom stereocenters. The number of hydrogen-bond acceptors (Lipinski definition) is 3. The van der Waals surface area contributed by atoms with Crippen LogP contribution in [0, 0.1) is 42.1 Å². The van der Waals surface area contributed by atoms with E-state index in [0.29, 0.717) is 18.8 Å². The van der Waals surface area contributed by atoms with Gasteiger partial charge in [-0.3, -0.25) is 0 Å². The highest BCUT2D eigenvalue weighted by Crippen LogP contribution is 2.66. The van der Waals surface area contributed by atoms with E-state index in [2.05, 4.69) is 36.9 Å². The Hall–Kier alpha value is -2.16. The van der Waals surface area contributed by atoms with Gasteiger partial charge in [-0.25, -0.2) is 13.3 Å². The van der Waals surface area contributed by atoms with Gasteiger partial charge in [0.1, 0.15) is 0 Å². The molecule has 1 N–H and O–H groups in total. The van der Waals surface area contributed by atoms with E-state index >= 15 is 0 Å². The van der Waals surface area contributed by atoms with Crippen LogP contribution in [0.5, 0.6) is 0 Å². The Kier molecular flexibility index (Phi) is 5.27. The lowest BCUT2D eigenvalue weighted by molar-refractivity contribution is -0.0977. The summed E-state index contributed by atoms with van der Waals surface area (Å²) in [6.07, 6.45) is 11.4. The van der Waals surface area contributed by atoms with Crippen molar-refractivity contribution in [3.05, 3.63) is 75.6 Å². The SMILES string of the molecule is [C-]#[N+]/C(=C1\CC[C@H]2[C@@H]3CC=C4C=CCC[C@]4(C)[C@H]3[C@H](O)C[C@]12C)S(=O)(=O)c1ccc(C)cc1. The molecule has 4 aliphatic rings. The second-order valence-electron chi connectivity index (χ2n) is 11.0. The maximum atomic E-state index is 13.5. The monoisotopic (exact) mass is 463 g/mol. The normalized spacial score (nSPS) is 39.1. The molecule has 1 aromatic rings. The summed E-state index contributed by atoms with van der Waals surface area (Å²) >= 11 is 0. The standard InChI is InChI=1S/C28H33NO3S/c1-18-8-11-20(12-9-18)33(31,32)26(29-4)23-15-14-22-21-13-10-19-7-5-6-16-27(19,2)25(21)24(30)17-28(22,23)3/h5,7-12,21-22,24-25,30H,6,13-17H2,1-3H3/b26-23-/t21-,22-,24+,25+,27-,28-/m0/s1. The van der Waals surface area contributed by atoms with E-state index in [1.54, 1.807) is 24.3 Å². The molecule has 5 heteroatoms. The van der Waals surface area contributed by atoms with Crippen molar-refractivity contribution < 1.29 is 13.5 Å². The van der Waals surface area contributed by atoms with Crippen LogP contribution in [0.15, 0.2) is 63.6 Å². The smallest absolute Gasteiger partial charge is 0.282 e. The van der Waals surface area contributed by atoms with E-state index in [-0.39, 0.29) is 27.2 Å². The Morgan fingerprint density at radius 3 is 2.61 bits per heavy atom. The van der Waals surface area contributed by atoms with Gasteiger partial charge in [0.05, 0.1) is 17.6 Å². The van der Waals surface area contributed by atoms with E-state index in [9.17, 15) is 13.5 Å². The van der Waals surface area contributed by atoms with Gasteiger partial charge < -0.3 is 5.11 Å². The molecule has 0 aromatic heterocycles. The van der Waals surface area contributed by atoms with E-state index in [1.807, 2.05) is 6.92 Å². The van der Waals surface area contributed by atoms with E-state index in [4.69, 9.17) is 6.57 Å². The highest BCUT2D eigenvalue weighted by Gasteiger charge is 2.60. The van der Waals surface area contributed by atoms with Gasteiger partial charge in [-0.1, -0.05) is 49.8 Å². The summed E-state index contributed by atoms with van der Waals surface area (Å²) in [4.78, 5) is 3.80. The maximum absolute atomic E-state index is 13.5. The minimum Gasteiger partial charge on any atom is -0.393 e. The molecule has 174 valence electrons. The fourth-order valence-electron chi connectivity index (χ4n) is 7.72. The predicted octanol–water partition coefficient (Wildman–Crippen LogP) is 6.00. The van der Waals surface area contributed by atoms with Crippen LogP contribution < -0.4 is 0 Å². The summed E-state index contributed by atoms with van der Waals surface area (Å²) in [5.41, 5.74) is 2.58. The summed E-state index contributed by atoms with van der Waals surface area (Å²) in [5.74, 6) is 0.780. The van der Waals surface area contributed by atoms with Crippen LogP contribution in [0.1, 0.15) is 57.9 Å². The molecule has 5 rings (SSSR count). The fraction of sp³-hybridized carbons (Fsp3) is 0.536. The number of fused-ring (bicyclic) bond motifs is 5. The first-order valence-electron chi connectivity index (χ1n) is 12.1. The highest BCUT2D eigenvalue weighted by molar-refractivity contribution is 7.95. The number of hydrogen-bond donors (Lipinski definition) is 1. The molecule has 4 nitrogen and oxygen atoms in total. The Morgan fingerprint density at radius 2 is 1.91 bits per heavy atom. The van der Waals surface area contributed by atoms with Crippen LogP contribution in [-0.4, -0.2) is 19.6 Å². The molecule has 0 saturated heterocycles. The number of aryl methyl sites for hydroxylation is 1. The third-order valence-electron chi connectivity index (χ3n) is 9.32. The highest BCUT2D eigenvalue weighted by atomic mass is 32.2. The van der Waals surface area contributed by atoms with Crippen molar-refractivity contribution in [2.45, 2.75) is 70.3 Å². The summed E-state index contributed by atoms with van der Waals surface area (Å²) < 4.78 is 27.1. The molecular weight excluding hydrogens is 430 g/mol. The first kappa shape index (κ1) is 22.6. The van der Waals surface area contributed by atoms with Gasteiger partial charge in [-0.2, -0.15) is 0 Å². The second-order valence-corrected chi connectivity index (χ2v) is 12.9. The quantitative estimate of drug-likeness (QED) is 0.547. The summed E-state index contributed by atoms with van der Waals surface area (Å²) in [6, 6.07) is 6.75. The molecule has 0 heterocycles. The Morgan fingerprint density at radius 1 is 1.18 bits per heavy atom. The molecular formula is C28H33NO3S. The van der Waals surface area contributed by atoms with E-state index < -0.39 is 21.4 Å². The van der Waals surface area contributed by atoms with E-state index in [1.165, 1.54) is 5.57 Å². The fourth-order valence-corrected chi connectivity index (χ4v) is 9.21. The van der Waals surface area contributed by atoms with Crippen LogP contribution in [0.4, 0.5) is 0 Å². The predicted molar refractivity (Wildman–Crippen MR) is 130 cm³/mol. The number of sulfone groups is 1. The van der Waals surface area contributed by atoms with E-state index in [0.717, 1.165) is 36.8 Å². The molecule has 0 radical (unpaired) electrons. The minimum absolute atomic E-state index is 0.0263. The average molecular weight is 464 g/mol. The summed E-state index contributed by atoms with van der Waals surface area (Å²) in [5, 5.41) is 11.4. The van der Waals surface area contributed by atoms with Gasteiger partial charge >= 0.3 is 0 Å². The number of benzene rings is 1. The van der Waals surface area contributed by atoms with Crippen LogP contribution >= 0.6 is 0 Å². The van der Waals surface area contributed by atoms with Crippen molar-refractivity contribution in [1.82, 2.24) is 0 Å². The lowest BCUT2D eigenvalue weighted by Gasteiger charge is -2.58. The zero-order chi connectivity index (χ0) is 23.6. The van der Waals surface area contributed by atoms with Crippen molar-refractivity contribution in [3.63, 3.8) is 0 Å². The molecule has 0 amide bonds. The van der Waals surface area contributed by atoms with Crippen molar-refractivity contribution in [2.24, 2.45) is 28.6 Å². The molecule has 4 aliphatic carbocycles. The second kappa shape index (κ2) is 7.68. The molecule has 0 spiro atoms. The van der Waals surface area contributed by atoms with Gasteiger partial charge in [-0.05, 0) is 97.3 Å². The van der Waals surface area contributed by atoms with Crippen molar-refractivity contribution in [3.8, 4) is 0 Å². The number of aliphatic hydroxyl groups excluding tert-OH is 1.